The van der Waals surface area contributed by atoms with Gasteiger partial charge in [0.1, 0.15) is 18.0 Å². The fourth-order valence-corrected chi connectivity index (χ4v) is 1.77. The Labute approximate surface area is 100 Å². The van der Waals surface area contributed by atoms with Crippen LogP contribution in [-0.2, 0) is 13.0 Å². The lowest BCUT2D eigenvalue weighted by Gasteiger charge is -2.09. The van der Waals surface area contributed by atoms with E-state index in [4.69, 9.17) is 0 Å². The molecular formula is C13H16FN3. The van der Waals surface area contributed by atoms with Crippen LogP contribution in [0.15, 0.2) is 30.6 Å². The summed E-state index contributed by atoms with van der Waals surface area (Å²) in [6.07, 6.45) is 2.19. The summed E-state index contributed by atoms with van der Waals surface area (Å²) in [6.45, 7) is 5.12. The molecular weight excluding hydrogens is 217 g/mol. The first-order valence-corrected chi connectivity index (χ1v) is 5.77. The Morgan fingerprint density at radius 1 is 1.29 bits per heavy atom. The molecule has 0 saturated carbocycles. The van der Waals surface area contributed by atoms with Gasteiger partial charge in [0.2, 0.25) is 0 Å². The molecule has 17 heavy (non-hydrogen) atoms. The van der Waals surface area contributed by atoms with Gasteiger partial charge < -0.3 is 4.57 Å². The number of rotatable bonds is 4. The van der Waals surface area contributed by atoms with Crippen LogP contribution in [-0.4, -0.2) is 14.8 Å². The summed E-state index contributed by atoms with van der Waals surface area (Å²) in [7, 11) is 0. The second kappa shape index (κ2) is 5.08. The maximum Gasteiger partial charge on any atom is 0.137 e. The van der Waals surface area contributed by atoms with E-state index in [0.29, 0.717) is 17.9 Å². The first-order chi connectivity index (χ1) is 8.16. The molecule has 0 unspecified atom stereocenters. The fourth-order valence-electron chi connectivity index (χ4n) is 1.77. The Kier molecular flexibility index (Phi) is 3.52. The molecule has 0 aliphatic heterocycles. The molecule has 0 aliphatic carbocycles. The lowest BCUT2D eigenvalue weighted by Crippen LogP contribution is -2.08. The van der Waals surface area contributed by atoms with Crippen LogP contribution >= 0.6 is 0 Å². The van der Waals surface area contributed by atoms with E-state index in [2.05, 4.69) is 24.0 Å². The van der Waals surface area contributed by atoms with Gasteiger partial charge in [-0.05, 0) is 17.5 Å². The van der Waals surface area contributed by atoms with Crippen molar-refractivity contribution in [2.45, 2.75) is 26.8 Å². The van der Waals surface area contributed by atoms with Crippen molar-refractivity contribution >= 4 is 0 Å². The van der Waals surface area contributed by atoms with Gasteiger partial charge in [-0.15, -0.1) is 10.2 Å². The minimum atomic E-state index is -0.188. The Balaban J connectivity index is 2.19. The van der Waals surface area contributed by atoms with E-state index in [-0.39, 0.29) is 5.82 Å². The van der Waals surface area contributed by atoms with Crippen molar-refractivity contribution in [3.8, 4) is 0 Å². The largest absolute Gasteiger partial charge is 0.317 e. The predicted molar refractivity (Wildman–Crippen MR) is 64.1 cm³/mol. The van der Waals surface area contributed by atoms with Crippen LogP contribution in [0.2, 0.25) is 0 Å². The molecule has 0 saturated heterocycles. The summed E-state index contributed by atoms with van der Waals surface area (Å²) in [5, 5.41) is 7.94. The van der Waals surface area contributed by atoms with Crippen molar-refractivity contribution in [1.82, 2.24) is 14.8 Å². The zero-order valence-corrected chi connectivity index (χ0v) is 10.1. The molecule has 0 atom stereocenters. The molecule has 90 valence electrons. The molecule has 2 rings (SSSR count). The summed E-state index contributed by atoms with van der Waals surface area (Å²) >= 11 is 0. The summed E-state index contributed by atoms with van der Waals surface area (Å²) < 4.78 is 15.5. The minimum absolute atomic E-state index is 0.188. The van der Waals surface area contributed by atoms with Crippen molar-refractivity contribution in [3.05, 3.63) is 47.8 Å². The Morgan fingerprint density at radius 2 is 2.06 bits per heavy atom. The third-order valence-corrected chi connectivity index (χ3v) is 2.56. The molecule has 0 radical (unpaired) electrons. The highest BCUT2D eigenvalue weighted by Crippen LogP contribution is 2.12. The molecule has 0 bridgehead atoms. The molecule has 1 heterocycles. The minimum Gasteiger partial charge on any atom is -0.317 e. The molecule has 0 fully saturated rings. The summed E-state index contributed by atoms with van der Waals surface area (Å²) in [5.41, 5.74) is 0.658. The molecule has 0 spiro atoms. The van der Waals surface area contributed by atoms with E-state index in [1.54, 1.807) is 18.5 Å². The number of benzene rings is 1. The fraction of sp³-hybridized carbons (Fsp3) is 0.385. The lowest BCUT2D eigenvalue weighted by molar-refractivity contribution is 0.507. The molecule has 1 aromatic carbocycles. The standard InChI is InChI=1S/C13H16FN3/c1-10(2)8-17-9-15-16-13(17)7-11-5-3-4-6-12(11)14/h3-6,9-10H,7-8H2,1-2H3. The maximum absolute atomic E-state index is 13.5. The highest BCUT2D eigenvalue weighted by Gasteiger charge is 2.09. The van der Waals surface area contributed by atoms with Crippen LogP contribution in [0, 0.1) is 11.7 Å². The molecule has 0 N–H and O–H groups in total. The van der Waals surface area contributed by atoms with Gasteiger partial charge in [0.05, 0.1) is 0 Å². The monoisotopic (exact) mass is 233 g/mol. The number of nitrogens with zero attached hydrogens (tertiary/aromatic N) is 3. The van der Waals surface area contributed by atoms with Crippen LogP contribution in [0.3, 0.4) is 0 Å². The van der Waals surface area contributed by atoms with Crippen LogP contribution in [0.5, 0.6) is 0 Å². The van der Waals surface area contributed by atoms with Gasteiger partial charge in [-0.1, -0.05) is 32.0 Å². The zero-order chi connectivity index (χ0) is 12.3. The number of aromatic nitrogens is 3. The van der Waals surface area contributed by atoms with Crippen molar-refractivity contribution in [2.75, 3.05) is 0 Å². The van der Waals surface area contributed by atoms with Gasteiger partial charge >= 0.3 is 0 Å². The Morgan fingerprint density at radius 3 is 2.76 bits per heavy atom. The van der Waals surface area contributed by atoms with Crippen LogP contribution in [0.4, 0.5) is 4.39 Å². The average molecular weight is 233 g/mol. The smallest absolute Gasteiger partial charge is 0.137 e. The third-order valence-electron chi connectivity index (χ3n) is 2.56. The molecule has 0 amide bonds. The van der Waals surface area contributed by atoms with Crippen molar-refractivity contribution < 1.29 is 4.39 Å². The summed E-state index contributed by atoms with van der Waals surface area (Å²) in [6, 6.07) is 6.78. The molecule has 3 nitrogen and oxygen atoms in total. The van der Waals surface area contributed by atoms with Crippen LogP contribution in [0.25, 0.3) is 0 Å². The Hall–Kier alpha value is -1.71. The van der Waals surface area contributed by atoms with E-state index in [1.807, 2.05) is 10.6 Å². The van der Waals surface area contributed by atoms with E-state index >= 15 is 0 Å². The first kappa shape index (κ1) is 11.8. The summed E-state index contributed by atoms with van der Waals surface area (Å²) in [4.78, 5) is 0. The zero-order valence-electron chi connectivity index (χ0n) is 10.1. The number of hydrogen-bond donors (Lipinski definition) is 0. The van der Waals surface area contributed by atoms with Crippen molar-refractivity contribution in [3.63, 3.8) is 0 Å². The van der Waals surface area contributed by atoms with Crippen molar-refractivity contribution in [2.24, 2.45) is 5.92 Å². The van der Waals surface area contributed by atoms with Crippen molar-refractivity contribution in [1.29, 1.82) is 0 Å². The normalized spacial score (nSPS) is 11.1. The number of halogens is 1. The maximum atomic E-state index is 13.5. The van der Waals surface area contributed by atoms with Gasteiger partial charge in [0, 0.05) is 13.0 Å². The van der Waals surface area contributed by atoms with Gasteiger partial charge in [0.25, 0.3) is 0 Å². The van der Waals surface area contributed by atoms with E-state index in [0.717, 1.165) is 12.4 Å². The topological polar surface area (TPSA) is 30.7 Å². The highest BCUT2D eigenvalue weighted by molar-refractivity contribution is 5.20. The van der Waals surface area contributed by atoms with E-state index in [9.17, 15) is 4.39 Å². The molecule has 1 aromatic heterocycles. The van der Waals surface area contributed by atoms with E-state index < -0.39 is 0 Å². The summed E-state index contributed by atoms with van der Waals surface area (Å²) in [5.74, 6) is 1.14. The van der Waals surface area contributed by atoms with E-state index in [1.165, 1.54) is 6.07 Å². The van der Waals surface area contributed by atoms with Gasteiger partial charge in [-0.3, -0.25) is 0 Å². The predicted octanol–water partition coefficient (Wildman–Crippen LogP) is 2.66. The van der Waals surface area contributed by atoms with Gasteiger partial charge in [-0.25, -0.2) is 4.39 Å². The second-order valence-electron chi connectivity index (χ2n) is 4.56. The molecule has 0 aliphatic rings. The second-order valence-corrected chi connectivity index (χ2v) is 4.56. The lowest BCUT2D eigenvalue weighted by atomic mass is 10.1. The van der Waals surface area contributed by atoms with Gasteiger partial charge in [-0.2, -0.15) is 0 Å². The average Bonchev–Trinajstić information content (AvgIpc) is 2.68. The first-order valence-electron chi connectivity index (χ1n) is 5.77. The SMILES string of the molecule is CC(C)Cn1cnnc1Cc1ccccc1F. The quantitative estimate of drug-likeness (QED) is 0.812. The molecule has 2 aromatic rings. The van der Waals surface area contributed by atoms with Crippen LogP contribution < -0.4 is 0 Å². The number of hydrogen-bond acceptors (Lipinski definition) is 2. The third kappa shape index (κ3) is 2.90. The highest BCUT2D eigenvalue weighted by atomic mass is 19.1. The molecule has 4 heteroatoms. The Bertz CT molecular complexity index is 491. The van der Waals surface area contributed by atoms with Gasteiger partial charge in [0.15, 0.2) is 0 Å². The van der Waals surface area contributed by atoms with Crippen LogP contribution in [0.1, 0.15) is 25.2 Å².